The van der Waals surface area contributed by atoms with Crippen LogP contribution in [0.1, 0.15) is 43.7 Å². The van der Waals surface area contributed by atoms with Gasteiger partial charge in [0.1, 0.15) is 5.76 Å². The predicted octanol–water partition coefficient (Wildman–Crippen LogP) is 3.42. The van der Waals surface area contributed by atoms with Crippen LogP contribution in [-0.4, -0.2) is 18.2 Å². The second-order valence-corrected chi connectivity index (χ2v) is 5.87. The quantitative estimate of drug-likeness (QED) is 0.652. The lowest BCUT2D eigenvalue weighted by Crippen LogP contribution is -2.31. The van der Waals surface area contributed by atoms with E-state index in [2.05, 4.69) is 30.4 Å². The lowest BCUT2D eigenvalue weighted by molar-refractivity contribution is 0.351. The molecule has 3 nitrogen and oxygen atoms in total. The maximum absolute atomic E-state index is 5.19. The van der Waals surface area contributed by atoms with Gasteiger partial charge in [0, 0.05) is 12.1 Å². The van der Waals surface area contributed by atoms with E-state index in [-0.39, 0.29) is 0 Å². The van der Waals surface area contributed by atoms with Crippen LogP contribution < -0.4 is 5.32 Å². The van der Waals surface area contributed by atoms with E-state index in [0.717, 1.165) is 36.9 Å². The van der Waals surface area contributed by atoms with Crippen LogP contribution in [0.3, 0.4) is 0 Å². The molecular formula is C16H26N2O. The minimum absolute atomic E-state index is 0.707. The molecule has 0 fully saturated rings. The molecule has 2 atom stereocenters. The van der Waals surface area contributed by atoms with Gasteiger partial charge in [0.15, 0.2) is 0 Å². The highest BCUT2D eigenvalue weighted by Crippen LogP contribution is 2.29. The van der Waals surface area contributed by atoms with Gasteiger partial charge in [0.2, 0.25) is 0 Å². The van der Waals surface area contributed by atoms with Crippen molar-refractivity contribution in [2.75, 3.05) is 13.1 Å². The van der Waals surface area contributed by atoms with Crippen molar-refractivity contribution in [2.45, 2.75) is 47.0 Å². The molecule has 3 heteroatoms. The van der Waals surface area contributed by atoms with E-state index < -0.39 is 0 Å². The predicted molar refractivity (Wildman–Crippen MR) is 78.2 cm³/mol. The van der Waals surface area contributed by atoms with Crippen LogP contribution in [0.5, 0.6) is 0 Å². The van der Waals surface area contributed by atoms with E-state index in [0.29, 0.717) is 5.92 Å². The van der Waals surface area contributed by atoms with Crippen molar-refractivity contribution in [3.63, 3.8) is 0 Å². The van der Waals surface area contributed by atoms with Gasteiger partial charge in [-0.1, -0.05) is 23.7 Å². The Morgan fingerprint density at radius 1 is 1.37 bits per heavy atom. The van der Waals surface area contributed by atoms with Crippen molar-refractivity contribution in [1.82, 2.24) is 10.5 Å². The van der Waals surface area contributed by atoms with Gasteiger partial charge >= 0.3 is 0 Å². The molecule has 0 amide bonds. The average Bonchev–Trinajstić information content (AvgIpc) is 2.68. The smallest absolute Gasteiger partial charge is 0.137 e. The summed E-state index contributed by atoms with van der Waals surface area (Å²) in [4.78, 5) is 0. The zero-order valence-electron chi connectivity index (χ0n) is 12.6. The molecule has 1 aliphatic rings. The van der Waals surface area contributed by atoms with Crippen molar-refractivity contribution in [1.29, 1.82) is 0 Å². The van der Waals surface area contributed by atoms with Crippen LogP contribution in [0.15, 0.2) is 16.2 Å². The number of nitrogens with one attached hydrogen (secondary N) is 1. The zero-order valence-corrected chi connectivity index (χ0v) is 12.6. The third-order valence-corrected chi connectivity index (χ3v) is 4.46. The number of hydrogen-bond acceptors (Lipinski definition) is 3. The summed E-state index contributed by atoms with van der Waals surface area (Å²) in [6.07, 6.45) is 5.99. The third kappa shape index (κ3) is 3.47. The summed E-state index contributed by atoms with van der Waals surface area (Å²) in [5.74, 6) is 2.47. The van der Waals surface area contributed by atoms with E-state index in [1.54, 1.807) is 5.57 Å². The van der Waals surface area contributed by atoms with Crippen LogP contribution >= 0.6 is 0 Å². The Balaban J connectivity index is 1.78. The Hall–Kier alpha value is -1.09. The summed E-state index contributed by atoms with van der Waals surface area (Å²) in [6.45, 7) is 10.7. The first kappa shape index (κ1) is 14.3. The van der Waals surface area contributed by atoms with Gasteiger partial charge in [-0.3, -0.25) is 0 Å². The minimum atomic E-state index is 0.707. The molecule has 0 spiro atoms. The first-order chi connectivity index (χ1) is 9.09. The molecular weight excluding hydrogens is 236 g/mol. The second-order valence-electron chi connectivity index (χ2n) is 5.87. The molecule has 0 aromatic carbocycles. The number of allylic oxidation sites excluding steroid dienone is 1. The maximum atomic E-state index is 5.19. The Bertz CT molecular complexity index is 428. The van der Waals surface area contributed by atoms with E-state index in [1.165, 1.54) is 18.4 Å². The molecule has 0 bridgehead atoms. The van der Waals surface area contributed by atoms with Crippen molar-refractivity contribution < 1.29 is 4.52 Å². The van der Waals surface area contributed by atoms with Crippen LogP contribution in [-0.2, 0) is 6.42 Å². The van der Waals surface area contributed by atoms with Crippen LogP contribution in [0.2, 0.25) is 0 Å². The summed E-state index contributed by atoms with van der Waals surface area (Å²) < 4.78 is 5.19. The molecule has 106 valence electrons. The van der Waals surface area contributed by atoms with Crippen molar-refractivity contribution in [3.05, 3.63) is 28.7 Å². The standard InChI is InChI=1S/C16H26N2O/c1-11-6-5-7-12(2)16(11)10-17-9-8-15-13(3)18-19-14(15)4/h6,12,16-17H,5,7-10H2,1-4H3/t12-,16+/m1/s1. The highest BCUT2D eigenvalue weighted by atomic mass is 16.5. The topological polar surface area (TPSA) is 38.1 Å². The second kappa shape index (κ2) is 6.38. The monoisotopic (exact) mass is 262 g/mol. The fourth-order valence-corrected chi connectivity index (χ4v) is 3.07. The summed E-state index contributed by atoms with van der Waals surface area (Å²) in [5.41, 5.74) is 3.85. The molecule has 19 heavy (non-hydrogen) atoms. The fraction of sp³-hybridized carbons (Fsp3) is 0.688. The molecule has 1 aliphatic carbocycles. The lowest BCUT2D eigenvalue weighted by atomic mass is 9.80. The van der Waals surface area contributed by atoms with Crippen molar-refractivity contribution >= 4 is 0 Å². The van der Waals surface area contributed by atoms with Crippen molar-refractivity contribution in [3.8, 4) is 0 Å². The van der Waals surface area contributed by atoms with E-state index >= 15 is 0 Å². The van der Waals surface area contributed by atoms with Gasteiger partial charge in [-0.15, -0.1) is 0 Å². The van der Waals surface area contributed by atoms with Gasteiger partial charge in [-0.2, -0.15) is 0 Å². The van der Waals surface area contributed by atoms with Gasteiger partial charge in [0.25, 0.3) is 0 Å². The zero-order chi connectivity index (χ0) is 13.8. The number of nitrogens with zero attached hydrogens (tertiary/aromatic N) is 1. The molecule has 0 radical (unpaired) electrons. The maximum Gasteiger partial charge on any atom is 0.137 e. The Labute approximate surface area is 116 Å². The Morgan fingerprint density at radius 2 is 2.16 bits per heavy atom. The summed E-state index contributed by atoms with van der Waals surface area (Å²) in [7, 11) is 0. The molecule has 0 aliphatic heterocycles. The first-order valence-electron chi connectivity index (χ1n) is 7.38. The number of aryl methyl sites for hydroxylation is 2. The third-order valence-electron chi connectivity index (χ3n) is 4.46. The molecule has 0 saturated carbocycles. The fourth-order valence-electron chi connectivity index (χ4n) is 3.07. The molecule has 1 heterocycles. The largest absolute Gasteiger partial charge is 0.361 e. The lowest BCUT2D eigenvalue weighted by Gasteiger charge is -2.29. The summed E-state index contributed by atoms with van der Waals surface area (Å²) in [6, 6.07) is 0. The Kier molecular flexibility index (Phi) is 4.81. The highest BCUT2D eigenvalue weighted by Gasteiger charge is 2.21. The van der Waals surface area contributed by atoms with Crippen LogP contribution in [0.4, 0.5) is 0 Å². The van der Waals surface area contributed by atoms with Gasteiger partial charge in [0.05, 0.1) is 5.69 Å². The number of rotatable bonds is 5. The Morgan fingerprint density at radius 3 is 2.79 bits per heavy atom. The summed E-state index contributed by atoms with van der Waals surface area (Å²) in [5, 5.41) is 7.60. The van der Waals surface area contributed by atoms with Gasteiger partial charge in [-0.05, 0) is 58.4 Å². The van der Waals surface area contributed by atoms with Crippen LogP contribution in [0, 0.1) is 25.7 Å². The molecule has 1 aromatic rings. The van der Waals surface area contributed by atoms with Crippen LogP contribution in [0.25, 0.3) is 0 Å². The van der Waals surface area contributed by atoms with E-state index in [4.69, 9.17) is 4.52 Å². The molecule has 1 N–H and O–H groups in total. The number of hydrogen-bond donors (Lipinski definition) is 1. The van der Waals surface area contributed by atoms with E-state index in [9.17, 15) is 0 Å². The normalized spacial score (nSPS) is 23.5. The average molecular weight is 262 g/mol. The van der Waals surface area contributed by atoms with Gasteiger partial charge < -0.3 is 9.84 Å². The molecule has 0 unspecified atom stereocenters. The summed E-state index contributed by atoms with van der Waals surface area (Å²) >= 11 is 0. The first-order valence-corrected chi connectivity index (χ1v) is 7.38. The number of aromatic nitrogens is 1. The molecule has 1 aromatic heterocycles. The van der Waals surface area contributed by atoms with E-state index in [1.807, 2.05) is 13.8 Å². The highest BCUT2D eigenvalue weighted by molar-refractivity contribution is 5.21. The minimum Gasteiger partial charge on any atom is -0.361 e. The van der Waals surface area contributed by atoms with Crippen molar-refractivity contribution in [2.24, 2.45) is 11.8 Å². The van der Waals surface area contributed by atoms with Gasteiger partial charge in [-0.25, -0.2) is 0 Å². The SMILES string of the molecule is CC1=CCC[C@@H](C)[C@H]1CNCCc1c(C)noc1C. The molecule has 0 saturated heterocycles. The molecule has 2 rings (SSSR count).